The van der Waals surface area contributed by atoms with Crippen LogP contribution >= 0.6 is 0 Å². The van der Waals surface area contributed by atoms with Crippen molar-refractivity contribution in [2.24, 2.45) is 5.92 Å². The lowest BCUT2D eigenvalue weighted by Crippen LogP contribution is -2.30. The summed E-state index contributed by atoms with van der Waals surface area (Å²) < 4.78 is 5.09. The fraction of sp³-hybridized carbons (Fsp3) is 0.533. The Morgan fingerprint density at radius 3 is 2.79 bits per heavy atom. The van der Waals surface area contributed by atoms with E-state index < -0.39 is 0 Å². The highest BCUT2D eigenvalue weighted by Gasteiger charge is 2.12. The van der Waals surface area contributed by atoms with Crippen LogP contribution in [0.15, 0.2) is 24.3 Å². The maximum atomic E-state index is 12.1. The third kappa shape index (κ3) is 5.01. The molecule has 0 aliphatic heterocycles. The summed E-state index contributed by atoms with van der Waals surface area (Å²) in [5.41, 5.74) is 1.54. The molecule has 1 aromatic rings. The molecule has 4 nitrogen and oxygen atoms in total. The van der Waals surface area contributed by atoms with E-state index in [1.165, 1.54) is 0 Å². The van der Waals surface area contributed by atoms with Crippen molar-refractivity contribution in [1.82, 2.24) is 5.32 Å². The number of hydrogen-bond donors (Lipinski definition) is 2. The first-order valence-electron chi connectivity index (χ1n) is 6.68. The molecule has 106 valence electrons. The molecule has 0 aliphatic carbocycles. The summed E-state index contributed by atoms with van der Waals surface area (Å²) >= 11 is 0. The van der Waals surface area contributed by atoms with E-state index in [1.54, 1.807) is 13.2 Å². The molecular formula is C15H23NO3. The number of methoxy groups -OCH3 is 1. The van der Waals surface area contributed by atoms with E-state index in [1.807, 2.05) is 18.2 Å². The summed E-state index contributed by atoms with van der Waals surface area (Å²) in [4.78, 5) is 12.1. The van der Waals surface area contributed by atoms with Crippen molar-refractivity contribution in [2.75, 3.05) is 20.3 Å². The minimum absolute atomic E-state index is 0.0796. The zero-order valence-electron chi connectivity index (χ0n) is 11.7. The lowest BCUT2D eigenvalue weighted by Gasteiger charge is -2.15. The number of hydrogen-bond acceptors (Lipinski definition) is 3. The maximum absolute atomic E-state index is 12.1. The molecule has 1 amide bonds. The third-order valence-corrected chi connectivity index (χ3v) is 3.23. The molecule has 0 bridgehead atoms. The van der Waals surface area contributed by atoms with Crippen LogP contribution in [0, 0.1) is 5.92 Å². The van der Waals surface area contributed by atoms with Crippen LogP contribution < -0.4 is 5.32 Å². The predicted molar refractivity (Wildman–Crippen MR) is 75.0 cm³/mol. The molecule has 2 N–H and O–H groups in total. The third-order valence-electron chi connectivity index (χ3n) is 3.23. The Bertz CT molecular complexity index is 393. The van der Waals surface area contributed by atoms with Crippen LogP contribution in [0.1, 0.15) is 35.7 Å². The minimum atomic E-state index is -0.0796. The lowest BCUT2D eigenvalue weighted by molar-refractivity contribution is 0.0938. The fourth-order valence-corrected chi connectivity index (χ4v) is 1.99. The summed E-state index contributed by atoms with van der Waals surface area (Å²) in [5, 5.41) is 11.9. The Morgan fingerprint density at radius 2 is 2.16 bits per heavy atom. The molecule has 4 heteroatoms. The van der Waals surface area contributed by atoms with Crippen LogP contribution in [0.4, 0.5) is 0 Å². The smallest absolute Gasteiger partial charge is 0.251 e. The van der Waals surface area contributed by atoms with Crippen molar-refractivity contribution >= 4 is 5.91 Å². The average Bonchev–Trinajstić information content (AvgIpc) is 2.44. The van der Waals surface area contributed by atoms with Crippen molar-refractivity contribution in [3.63, 3.8) is 0 Å². The predicted octanol–water partition coefficient (Wildman–Crippen LogP) is 1.97. The molecule has 1 atom stereocenters. The van der Waals surface area contributed by atoms with Gasteiger partial charge in [0.1, 0.15) is 0 Å². The van der Waals surface area contributed by atoms with Crippen LogP contribution in [0.3, 0.4) is 0 Å². The van der Waals surface area contributed by atoms with Gasteiger partial charge in [-0.25, -0.2) is 0 Å². The molecule has 1 unspecified atom stereocenters. The van der Waals surface area contributed by atoms with E-state index in [2.05, 4.69) is 12.2 Å². The van der Waals surface area contributed by atoms with Crippen LogP contribution in [-0.4, -0.2) is 31.3 Å². The molecule has 1 rings (SSSR count). The number of nitrogens with one attached hydrogen (secondary N) is 1. The summed E-state index contributed by atoms with van der Waals surface area (Å²) in [5.74, 6) is 0.243. The number of aliphatic hydroxyl groups excluding tert-OH is 1. The van der Waals surface area contributed by atoms with Crippen molar-refractivity contribution in [3.8, 4) is 0 Å². The second-order valence-corrected chi connectivity index (χ2v) is 4.59. The highest BCUT2D eigenvalue weighted by molar-refractivity contribution is 5.95. The van der Waals surface area contributed by atoms with E-state index in [0.29, 0.717) is 24.6 Å². The van der Waals surface area contributed by atoms with Gasteiger partial charge in [-0.15, -0.1) is 0 Å². The number of rotatable bonds is 8. The topological polar surface area (TPSA) is 58.6 Å². The molecule has 0 aliphatic rings. The number of aliphatic hydroxyl groups is 1. The van der Waals surface area contributed by atoms with Gasteiger partial charge in [-0.05, 0) is 24.0 Å². The summed E-state index contributed by atoms with van der Waals surface area (Å²) in [6.45, 7) is 3.24. The van der Waals surface area contributed by atoms with E-state index >= 15 is 0 Å². The van der Waals surface area contributed by atoms with Crippen LogP contribution in [0.25, 0.3) is 0 Å². The van der Waals surface area contributed by atoms with Crippen LogP contribution in [0.5, 0.6) is 0 Å². The number of carbonyl (C=O) groups excluding carboxylic acids is 1. The van der Waals surface area contributed by atoms with E-state index in [0.717, 1.165) is 18.4 Å². The van der Waals surface area contributed by atoms with Gasteiger partial charge in [0.15, 0.2) is 0 Å². The average molecular weight is 265 g/mol. The van der Waals surface area contributed by atoms with Crippen LogP contribution in [0.2, 0.25) is 0 Å². The highest BCUT2D eigenvalue weighted by Crippen LogP contribution is 2.11. The zero-order valence-corrected chi connectivity index (χ0v) is 11.7. The van der Waals surface area contributed by atoms with Crippen molar-refractivity contribution in [3.05, 3.63) is 35.4 Å². The van der Waals surface area contributed by atoms with Gasteiger partial charge < -0.3 is 15.2 Å². The molecule has 0 saturated heterocycles. The van der Waals surface area contributed by atoms with E-state index in [9.17, 15) is 4.79 Å². The second kappa shape index (κ2) is 8.67. The van der Waals surface area contributed by atoms with Gasteiger partial charge in [0.05, 0.1) is 6.61 Å². The highest BCUT2D eigenvalue weighted by atomic mass is 16.5. The molecule has 1 aromatic carbocycles. The minimum Gasteiger partial charge on any atom is -0.396 e. The van der Waals surface area contributed by atoms with Crippen molar-refractivity contribution in [2.45, 2.75) is 26.4 Å². The molecule has 0 saturated carbocycles. The second-order valence-electron chi connectivity index (χ2n) is 4.59. The summed E-state index contributed by atoms with van der Waals surface area (Å²) in [6, 6.07) is 7.44. The zero-order chi connectivity index (χ0) is 14.1. The van der Waals surface area contributed by atoms with Gasteiger partial charge in [0.25, 0.3) is 5.91 Å². The molecule has 0 aromatic heterocycles. The Morgan fingerprint density at radius 1 is 1.42 bits per heavy atom. The summed E-state index contributed by atoms with van der Waals surface area (Å²) in [6.07, 6.45) is 1.66. The van der Waals surface area contributed by atoms with Crippen molar-refractivity contribution in [1.29, 1.82) is 0 Å². The largest absolute Gasteiger partial charge is 0.396 e. The normalized spacial score (nSPS) is 12.2. The number of amides is 1. The first-order chi connectivity index (χ1) is 9.22. The van der Waals surface area contributed by atoms with Gasteiger partial charge in [-0.2, -0.15) is 0 Å². The standard InChI is InChI=1S/C15H23NO3/c1-3-12(8-9-17)10-16-15(18)14-7-5-4-6-13(14)11-19-2/h4-7,12,17H,3,8-11H2,1-2H3,(H,16,18). The maximum Gasteiger partial charge on any atom is 0.251 e. The Balaban J connectivity index is 2.62. The monoisotopic (exact) mass is 265 g/mol. The van der Waals surface area contributed by atoms with Gasteiger partial charge >= 0.3 is 0 Å². The Kier molecular flexibility index (Phi) is 7.15. The van der Waals surface area contributed by atoms with E-state index in [4.69, 9.17) is 9.84 Å². The molecule has 19 heavy (non-hydrogen) atoms. The first-order valence-corrected chi connectivity index (χ1v) is 6.68. The Labute approximate surface area is 114 Å². The molecular weight excluding hydrogens is 242 g/mol. The molecule has 0 spiro atoms. The van der Waals surface area contributed by atoms with E-state index in [-0.39, 0.29) is 12.5 Å². The van der Waals surface area contributed by atoms with Gasteiger partial charge in [-0.3, -0.25) is 4.79 Å². The molecule has 0 radical (unpaired) electrons. The molecule has 0 fully saturated rings. The number of ether oxygens (including phenoxy) is 1. The van der Waals surface area contributed by atoms with Gasteiger partial charge in [0.2, 0.25) is 0 Å². The SMILES string of the molecule is CCC(CCO)CNC(=O)c1ccccc1COC. The molecule has 0 heterocycles. The lowest BCUT2D eigenvalue weighted by atomic mass is 10.0. The summed E-state index contributed by atoms with van der Waals surface area (Å²) in [7, 11) is 1.61. The quantitative estimate of drug-likeness (QED) is 0.755. The van der Waals surface area contributed by atoms with Gasteiger partial charge in [0, 0.05) is 25.8 Å². The number of benzene rings is 1. The van der Waals surface area contributed by atoms with Gasteiger partial charge in [-0.1, -0.05) is 31.5 Å². The first kappa shape index (κ1) is 15.7. The Hall–Kier alpha value is -1.39. The fourth-order valence-electron chi connectivity index (χ4n) is 1.99. The van der Waals surface area contributed by atoms with Crippen LogP contribution in [-0.2, 0) is 11.3 Å². The number of carbonyl (C=O) groups is 1. The van der Waals surface area contributed by atoms with Crippen molar-refractivity contribution < 1.29 is 14.6 Å².